The van der Waals surface area contributed by atoms with Gasteiger partial charge in [-0.05, 0) is 31.1 Å². The summed E-state index contributed by atoms with van der Waals surface area (Å²) >= 11 is 0. The van der Waals surface area contributed by atoms with Crippen LogP contribution in [0.15, 0.2) is 0 Å². The lowest BCUT2D eigenvalue weighted by Crippen LogP contribution is -2.52. The highest BCUT2D eigenvalue weighted by Gasteiger charge is 2.36. The molecule has 0 aromatic rings. The first kappa shape index (κ1) is 12.3. The Morgan fingerprint density at radius 3 is 2.69 bits per heavy atom. The Bertz CT molecular complexity index is 202. The molecule has 1 saturated carbocycles. The number of aliphatic hydroxyl groups is 1. The van der Waals surface area contributed by atoms with Crippen LogP contribution in [0.25, 0.3) is 0 Å². The van der Waals surface area contributed by atoms with E-state index in [1.807, 2.05) is 0 Å². The number of rotatable bonds is 1. The Morgan fingerprint density at radius 2 is 1.94 bits per heavy atom. The number of ether oxygens (including phenoxy) is 1. The van der Waals surface area contributed by atoms with E-state index in [-0.39, 0.29) is 6.10 Å². The Hall–Kier alpha value is -0.120. The van der Waals surface area contributed by atoms with Crippen LogP contribution in [-0.2, 0) is 4.74 Å². The molecule has 0 spiro atoms. The molecule has 0 bridgehead atoms. The highest BCUT2D eigenvalue weighted by Crippen LogP contribution is 2.32. The SMILES string of the molecule is CC1CC(C)C(N2CCCOCC2)C(O)C1. The van der Waals surface area contributed by atoms with Crippen molar-refractivity contribution in [3.05, 3.63) is 0 Å². The van der Waals surface area contributed by atoms with Gasteiger partial charge in [0.05, 0.1) is 12.7 Å². The second-order valence-electron chi connectivity index (χ2n) is 5.61. The average molecular weight is 227 g/mol. The van der Waals surface area contributed by atoms with Gasteiger partial charge in [0.2, 0.25) is 0 Å². The molecule has 0 aromatic heterocycles. The van der Waals surface area contributed by atoms with Gasteiger partial charge in [0.15, 0.2) is 0 Å². The maximum Gasteiger partial charge on any atom is 0.0700 e. The van der Waals surface area contributed by atoms with Crippen LogP contribution in [-0.4, -0.2) is 48.5 Å². The van der Waals surface area contributed by atoms with Crippen molar-refractivity contribution >= 4 is 0 Å². The van der Waals surface area contributed by atoms with Gasteiger partial charge >= 0.3 is 0 Å². The van der Waals surface area contributed by atoms with Gasteiger partial charge < -0.3 is 9.84 Å². The van der Waals surface area contributed by atoms with Crippen molar-refractivity contribution in [2.45, 2.75) is 45.3 Å². The highest BCUT2D eigenvalue weighted by atomic mass is 16.5. The summed E-state index contributed by atoms with van der Waals surface area (Å²) in [6.45, 7) is 8.31. The lowest BCUT2D eigenvalue weighted by atomic mass is 9.77. The standard InChI is InChI=1S/C13H25NO2/c1-10-8-11(2)13(12(15)9-10)14-4-3-6-16-7-5-14/h10-13,15H,3-9H2,1-2H3. The molecule has 1 saturated heterocycles. The van der Waals surface area contributed by atoms with Crippen LogP contribution < -0.4 is 0 Å². The summed E-state index contributed by atoms with van der Waals surface area (Å²) in [6, 6.07) is 0.359. The van der Waals surface area contributed by atoms with Crippen LogP contribution in [0.5, 0.6) is 0 Å². The smallest absolute Gasteiger partial charge is 0.0700 e. The molecular formula is C13H25NO2. The van der Waals surface area contributed by atoms with Gasteiger partial charge in [0, 0.05) is 25.7 Å². The van der Waals surface area contributed by atoms with Gasteiger partial charge in [-0.25, -0.2) is 0 Å². The molecule has 2 aliphatic rings. The van der Waals surface area contributed by atoms with Crippen molar-refractivity contribution in [2.75, 3.05) is 26.3 Å². The van der Waals surface area contributed by atoms with E-state index < -0.39 is 0 Å². The summed E-state index contributed by atoms with van der Waals surface area (Å²) in [4.78, 5) is 2.45. The highest BCUT2D eigenvalue weighted by molar-refractivity contribution is 4.90. The maximum atomic E-state index is 10.3. The largest absolute Gasteiger partial charge is 0.391 e. The Morgan fingerprint density at radius 1 is 1.12 bits per heavy atom. The van der Waals surface area contributed by atoms with Crippen molar-refractivity contribution in [1.29, 1.82) is 0 Å². The molecule has 2 rings (SSSR count). The summed E-state index contributed by atoms with van der Waals surface area (Å²) in [6.07, 6.45) is 3.17. The van der Waals surface area contributed by atoms with Crippen LogP contribution >= 0.6 is 0 Å². The second-order valence-corrected chi connectivity index (χ2v) is 5.61. The van der Waals surface area contributed by atoms with Gasteiger partial charge in [0.1, 0.15) is 0 Å². The maximum absolute atomic E-state index is 10.3. The molecule has 4 atom stereocenters. The van der Waals surface area contributed by atoms with E-state index in [1.165, 1.54) is 6.42 Å². The summed E-state index contributed by atoms with van der Waals surface area (Å²) in [7, 11) is 0. The monoisotopic (exact) mass is 227 g/mol. The Labute approximate surface area is 98.8 Å². The van der Waals surface area contributed by atoms with Gasteiger partial charge in [0.25, 0.3) is 0 Å². The molecule has 1 aliphatic heterocycles. The van der Waals surface area contributed by atoms with Crippen molar-refractivity contribution in [2.24, 2.45) is 11.8 Å². The fourth-order valence-corrected chi connectivity index (χ4v) is 3.47. The van der Waals surface area contributed by atoms with Gasteiger partial charge in [-0.1, -0.05) is 13.8 Å². The minimum atomic E-state index is -0.142. The van der Waals surface area contributed by atoms with E-state index in [0.29, 0.717) is 17.9 Å². The normalized spacial score (nSPS) is 42.9. The molecule has 16 heavy (non-hydrogen) atoms. The third kappa shape index (κ3) is 2.76. The van der Waals surface area contributed by atoms with E-state index >= 15 is 0 Å². The first-order valence-electron chi connectivity index (χ1n) is 6.68. The summed E-state index contributed by atoms with van der Waals surface area (Å²) in [5, 5.41) is 10.3. The molecule has 3 nitrogen and oxygen atoms in total. The Balaban J connectivity index is 1.99. The first-order valence-corrected chi connectivity index (χ1v) is 6.68. The lowest BCUT2D eigenvalue weighted by Gasteiger charge is -2.43. The zero-order chi connectivity index (χ0) is 11.5. The predicted molar refractivity (Wildman–Crippen MR) is 64.4 cm³/mol. The van der Waals surface area contributed by atoms with Crippen molar-refractivity contribution in [3.63, 3.8) is 0 Å². The van der Waals surface area contributed by atoms with E-state index in [9.17, 15) is 5.11 Å². The fraction of sp³-hybridized carbons (Fsp3) is 1.00. The van der Waals surface area contributed by atoms with Gasteiger partial charge in [-0.3, -0.25) is 4.90 Å². The van der Waals surface area contributed by atoms with Crippen molar-refractivity contribution in [1.82, 2.24) is 4.90 Å². The number of hydrogen-bond acceptors (Lipinski definition) is 3. The molecule has 1 aliphatic carbocycles. The third-order valence-electron chi connectivity index (χ3n) is 4.07. The molecule has 1 N–H and O–H groups in total. The van der Waals surface area contributed by atoms with E-state index in [2.05, 4.69) is 18.7 Å². The van der Waals surface area contributed by atoms with Crippen molar-refractivity contribution < 1.29 is 9.84 Å². The van der Waals surface area contributed by atoms with Crippen LogP contribution in [0.3, 0.4) is 0 Å². The van der Waals surface area contributed by atoms with E-state index in [1.54, 1.807) is 0 Å². The molecule has 94 valence electrons. The van der Waals surface area contributed by atoms with Crippen molar-refractivity contribution in [3.8, 4) is 0 Å². The summed E-state index contributed by atoms with van der Waals surface area (Å²) < 4.78 is 5.48. The van der Waals surface area contributed by atoms with E-state index in [0.717, 1.165) is 39.1 Å². The zero-order valence-corrected chi connectivity index (χ0v) is 10.6. The lowest BCUT2D eigenvalue weighted by molar-refractivity contribution is -0.0246. The number of aliphatic hydroxyl groups excluding tert-OH is 1. The minimum absolute atomic E-state index is 0.142. The van der Waals surface area contributed by atoms with Crippen LogP contribution in [0, 0.1) is 11.8 Å². The van der Waals surface area contributed by atoms with Crippen LogP contribution in [0.4, 0.5) is 0 Å². The molecular weight excluding hydrogens is 202 g/mol. The number of hydrogen-bond donors (Lipinski definition) is 1. The zero-order valence-electron chi connectivity index (χ0n) is 10.6. The Kier molecular flexibility index (Phi) is 4.22. The number of nitrogens with zero attached hydrogens (tertiary/aromatic N) is 1. The molecule has 0 aromatic carbocycles. The molecule has 0 radical (unpaired) electrons. The minimum Gasteiger partial charge on any atom is -0.391 e. The van der Waals surface area contributed by atoms with Gasteiger partial charge in [-0.2, -0.15) is 0 Å². The quantitative estimate of drug-likeness (QED) is 0.737. The van der Waals surface area contributed by atoms with Crippen LogP contribution in [0.2, 0.25) is 0 Å². The summed E-state index contributed by atoms with van der Waals surface area (Å²) in [5.41, 5.74) is 0. The van der Waals surface area contributed by atoms with Gasteiger partial charge in [-0.15, -0.1) is 0 Å². The molecule has 3 heteroatoms. The fourth-order valence-electron chi connectivity index (χ4n) is 3.47. The average Bonchev–Trinajstić information content (AvgIpc) is 2.44. The van der Waals surface area contributed by atoms with Crippen LogP contribution in [0.1, 0.15) is 33.1 Å². The topological polar surface area (TPSA) is 32.7 Å². The molecule has 1 heterocycles. The molecule has 4 unspecified atom stereocenters. The first-order chi connectivity index (χ1) is 7.68. The predicted octanol–water partition coefficient (Wildman–Crippen LogP) is 1.50. The summed E-state index contributed by atoms with van der Waals surface area (Å²) in [5.74, 6) is 1.28. The molecule has 2 fully saturated rings. The third-order valence-corrected chi connectivity index (χ3v) is 4.07. The second kappa shape index (κ2) is 5.48. The van der Waals surface area contributed by atoms with E-state index in [4.69, 9.17) is 4.74 Å². The molecule has 0 amide bonds.